The molecule has 2 saturated heterocycles. The second kappa shape index (κ2) is 2.48. The second-order valence-electron chi connectivity index (χ2n) is 3.46. The lowest BCUT2D eigenvalue weighted by molar-refractivity contribution is -0.134. The molecular formula is C8H14N2O. The molecule has 3 nitrogen and oxygen atoms in total. The van der Waals surface area contributed by atoms with Gasteiger partial charge in [-0.2, -0.15) is 0 Å². The van der Waals surface area contributed by atoms with Crippen LogP contribution in [0.3, 0.4) is 0 Å². The Bertz CT molecular complexity index is 181. The zero-order valence-electron chi connectivity index (χ0n) is 6.84. The zero-order chi connectivity index (χ0) is 7.84. The molecule has 2 heterocycles. The maximum Gasteiger partial charge on any atom is 0.222 e. The highest BCUT2D eigenvalue weighted by Crippen LogP contribution is 2.23. The van der Waals surface area contributed by atoms with Crippen molar-refractivity contribution in [2.75, 3.05) is 13.6 Å². The van der Waals surface area contributed by atoms with Gasteiger partial charge in [0.15, 0.2) is 0 Å². The fourth-order valence-electron chi connectivity index (χ4n) is 2.15. The molecule has 2 aliphatic rings. The molecule has 3 heteroatoms. The average molecular weight is 154 g/mol. The van der Waals surface area contributed by atoms with E-state index in [1.54, 1.807) is 0 Å². The van der Waals surface area contributed by atoms with Gasteiger partial charge < -0.3 is 10.2 Å². The number of piperidine rings is 1. The van der Waals surface area contributed by atoms with E-state index >= 15 is 0 Å². The van der Waals surface area contributed by atoms with E-state index in [4.69, 9.17) is 0 Å². The molecule has 62 valence electrons. The number of hydrogen-bond acceptors (Lipinski definition) is 2. The summed E-state index contributed by atoms with van der Waals surface area (Å²) in [5.41, 5.74) is 0. The summed E-state index contributed by atoms with van der Waals surface area (Å²) in [7, 11) is 1.92. The van der Waals surface area contributed by atoms with E-state index in [9.17, 15) is 4.79 Å². The van der Waals surface area contributed by atoms with Gasteiger partial charge in [-0.1, -0.05) is 0 Å². The van der Waals surface area contributed by atoms with Crippen molar-refractivity contribution >= 4 is 5.91 Å². The summed E-state index contributed by atoms with van der Waals surface area (Å²) >= 11 is 0. The van der Waals surface area contributed by atoms with E-state index in [1.807, 2.05) is 11.9 Å². The maximum atomic E-state index is 11.2. The lowest BCUT2D eigenvalue weighted by Crippen LogP contribution is -2.49. The Balaban J connectivity index is 2.11. The van der Waals surface area contributed by atoms with E-state index in [-0.39, 0.29) is 0 Å². The van der Waals surface area contributed by atoms with Crippen LogP contribution in [0.15, 0.2) is 0 Å². The Hall–Kier alpha value is -0.570. The molecule has 0 saturated carbocycles. The second-order valence-corrected chi connectivity index (χ2v) is 3.46. The summed E-state index contributed by atoms with van der Waals surface area (Å²) in [5, 5.41) is 3.42. The molecule has 0 aromatic carbocycles. The number of nitrogens with one attached hydrogen (secondary N) is 1. The van der Waals surface area contributed by atoms with Crippen molar-refractivity contribution in [2.24, 2.45) is 0 Å². The van der Waals surface area contributed by atoms with Crippen LogP contribution in [0.2, 0.25) is 0 Å². The number of fused-ring (bicyclic) bond motifs is 1. The van der Waals surface area contributed by atoms with E-state index in [1.165, 1.54) is 0 Å². The smallest absolute Gasteiger partial charge is 0.222 e. The zero-order valence-corrected chi connectivity index (χ0v) is 6.84. The first-order chi connectivity index (χ1) is 5.29. The van der Waals surface area contributed by atoms with Crippen molar-refractivity contribution in [3.05, 3.63) is 0 Å². The number of likely N-dealkylation sites (tertiary alicyclic amines) is 1. The summed E-state index contributed by atoms with van der Waals surface area (Å²) in [6.45, 7) is 1.08. The number of likely N-dealkylation sites (N-methyl/N-ethyl adjacent to an activating group) is 1. The Morgan fingerprint density at radius 1 is 1.55 bits per heavy atom. The van der Waals surface area contributed by atoms with Gasteiger partial charge in [0.25, 0.3) is 0 Å². The molecule has 11 heavy (non-hydrogen) atoms. The van der Waals surface area contributed by atoms with Crippen LogP contribution in [0.1, 0.15) is 19.3 Å². The fraction of sp³-hybridized carbons (Fsp3) is 0.875. The number of carbonyl (C=O) groups excluding carboxylic acids is 1. The maximum absolute atomic E-state index is 11.2. The first kappa shape index (κ1) is 7.10. The van der Waals surface area contributed by atoms with E-state index < -0.39 is 0 Å². The highest BCUT2D eigenvalue weighted by molar-refractivity contribution is 5.77. The number of rotatable bonds is 0. The lowest BCUT2D eigenvalue weighted by atomic mass is 9.98. The van der Waals surface area contributed by atoms with Gasteiger partial charge in [0.05, 0.1) is 0 Å². The predicted molar refractivity (Wildman–Crippen MR) is 42.2 cm³/mol. The van der Waals surface area contributed by atoms with Crippen molar-refractivity contribution in [2.45, 2.75) is 31.3 Å². The van der Waals surface area contributed by atoms with Gasteiger partial charge in [0.1, 0.15) is 0 Å². The topological polar surface area (TPSA) is 32.3 Å². The minimum atomic E-state index is 0.315. The molecule has 0 unspecified atom stereocenters. The monoisotopic (exact) mass is 154 g/mol. The molecule has 0 spiro atoms. The highest BCUT2D eigenvalue weighted by Gasteiger charge is 2.36. The van der Waals surface area contributed by atoms with Gasteiger partial charge in [0, 0.05) is 25.6 Å². The molecule has 1 N–H and O–H groups in total. The third-order valence-electron chi connectivity index (χ3n) is 2.87. The Labute approximate surface area is 66.8 Å². The van der Waals surface area contributed by atoms with Crippen molar-refractivity contribution < 1.29 is 4.79 Å². The van der Waals surface area contributed by atoms with Crippen molar-refractivity contribution in [1.29, 1.82) is 0 Å². The Morgan fingerprint density at radius 3 is 3.18 bits per heavy atom. The molecule has 1 amide bonds. The molecule has 2 aliphatic heterocycles. The Kier molecular flexibility index (Phi) is 1.60. The fourth-order valence-corrected chi connectivity index (χ4v) is 2.15. The highest BCUT2D eigenvalue weighted by atomic mass is 16.2. The van der Waals surface area contributed by atoms with Gasteiger partial charge in [-0.15, -0.1) is 0 Å². The summed E-state index contributed by atoms with van der Waals surface area (Å²) in [6, 6.07) is 1.06. The van der Waals surface area contributed by atoms with Crippen LogP contribution in [0.4, 0.5) is 0 Å². The summed E-state index contributed by atoms with van der Waals surface area (Å²) in [5.74, 6) is 0.315. The lowest BCUT2D eigenvalue weighted by Gasteiger charge is -2.34. The van der Waals surface area contributed by atoms with E-state index in [2.05, 4.69) is 5.32 Å². The molecule has 0 radical (unpaired) electrons. The summed E-state index contributed by atoms with van der Waals surface area (Å²) < 4.78 is 0. The molecule has 2 rings (SSSR count). The Morgan fingerprint density at radius 2 is 2.36 bits per heavy atom. The minimum absolute atomic E-state index is 0.315. The van der Waals surface area contributed by atoms with Crippen molar-refractivity contribution in [3.8, 4) is 0 Å². The number of hydrogen-bond donors (Lipinski definition) is 1. The van der Waals surface area contributed by atoms with Crippen LogP contribution < -0.4 is 5.32 Å². The third-order valence-corrected chi connectivity index (χ3v) is 2.87. The largest absolute Gasteiger partial charge is 0.341 e. The van der Waals surface area contributed by atoms with Gasteiger partial charge >= 0.3 is 0 Å². The summed E-state index contributed by atoms with van der Waals surface area (Å²) in [4.78, 5) is 13.1. The third kappa shape index (κ3) is 1.03. The van der Waals surface area contributed by atoms with Gasteiger partial charge in [-0.05, 0) is 19.4 Å². The first-order valence-corrected chi connectivity index (χ1v) is 4.28. The van der Waals surface area contributed by atoms with Crippen LogP contribution in [0, 0.1) is 0 Å². The van der Waals surface area contributed by atoms with Gasteiger partial charge in [-0.3, -0.25) is 4.79 Å². The van der Waals surface area contributed by atoms with Crippen LogP contribution in [0.5, 0.6) is 0 Å². The summed E-state index contributed by atoms with van der Waals surface area (Å²) in [6.07, 6.45) is 2.89. The standard InChI is InChI=1S/C8H14N2O/c1-10-7-4-5-9-6(7)2-3-8(10)11/h6-7,9H,2-5H2,1H3/t6-,7-/m1/s1. The molecule has 0 aromatic rings. The quantitative estimate of drug-likeness (QED) is 0.531. The number of carbonyl (C=O) groups is 1. The molecule has 2 atom stereocenters. The number of amides is 1. The van der Waals surface area contributed by atoms with Crippen LogP contribution >= 0.6 is 0 Å². The normalized spacial score (nSPS) is 37.5. The predicted octanol–water partition coefficient (Wildman–Crippen LogP) is -0.0309. The van der Waals surface area contributed by atoms with Crippen LogP contribution in [-0.4, -0.2) is 36.5 Å². The average Bonchev–Trinajstić information content (AvgIpc) is 2.45. The van der Waals surface area contributed by atoms with Crippen molar-refractivity contribution in [3.63, 3.8) is 0 Å². The molecule has 2 fully saturated rings. The molecule has 0 bridgehead atoms. The molecular weight excluding hydrogens is 140 g/mol. The van der Waals surface area contributed by atoms with E-state index in [0.717, 1.165) is 25.8 Å². The number of nitrogens with zero attached hydrogens (tertiary/aromatic N) is 1. The van der Waals surface area contributed by atoms with Gasteiger partial charge in [-0.25, -0.2) is 0 Å². The van der Waals surface area contributed by atoms with Crippen LogP contribution in [-0.2, 0) is 4.79 Å². The molecule has 0 aromatic heterocycles. The van der Waals surface area contributed by atoms with Gasteiger partial charge in [0.2, 0.25) is 5.91 Å². The SMILES string of the molecule is CN1C(=O)CC[C@H]2NCC[C@H]21. The van der Waals surface area contributed by atoms with E-state index in [0.29, 0.717) is 18.0 Å². The first-order valence-electron chi connectivity index (χ1n) is 4.28. The molecule has 0 aliphatic carbocycles. The minimum Gasteiger partial charge on any atom is -0.341 e. The van der Waals surface area contributed by atoms with Crippen molar-refractivity contribution in [1.82, 2.24) is 10.2 Å². The van der Waals surface area contributed by atoms with Crippen LogP contribution in [0.25, 0.3) is 0 Å².